The van der Waals surface area contributed by atoms with Gasteiger partial charge in [0, 0.05) is 17.5 Å². The van der Waals surface area contributed by atoms with Crippen LogP contribution in [-0.2, 0) is 4.79 Å². The van der Waals surface area contributed by atoms with E-state index in [2.05, 4.69) is 10.6 Å². The fraction of sp³-hybridized carbons (Fsp3) is 0.929. The summed E-state index contributed by atoms with van der Waals surface area (Å²) < 4.78 is 0. The van der Waals surface area contributed by atoms with E-state index in [1.807, 2.05) is 13.8 Å². The summed E-state index contributed by atoms with van der Waals surface area (Å²) in [5.41, 5.74) is -0.106. The summed E-state index contributed by atoms with van der Waals surface area (Å²) in [4.78, 5) is 11.8. The molecule has 2 fully saturated rings. The Morgan fingerprint density at radius 2 is 1.94 bits per heavy atom. The lowest BCUT2D eigenvalue weighted by molar-refractivity contribution is -0.123. The molecule has 4 nitrogen and oxygen atoms in total. The molecule has 0 radical (unpaired) electrons. The molecule has 2 unspecified atom stereocenters. The Labute approximate surface area is 110 Å². The second-order valence-electron chi connectivity index (χ2n) is 6.41. The van der Waals surface area contributed by atoms with Crippen LogP contribution in [-0.4, -0.2) is 35.7 Å². The lowest BCUT2D eigenvalue weighted by atomic mass is 9.64. The summed E-state index contributed by atoms with van der Waals surface area (Å²) in [6.07, 6.45) is 6.54. The van der Waals surface area contributed by atoms with Gasteiger partial charge in [-0.3, -0.25) is 4.79 Å². The average molecular weight is 254 g/mol. The van der Waals surface area contributed by atoms with E-state index in [4.69, 9.17) is 0 Å². The maximum absolute atomic E-state index is 11.8. The number of nitrogens with one attached hydrogen (secondary N) is 2. The summed E-state index contributed by atoms with van der Waals surface area (Å²) in [7, 11) is 0. The van der Waals surface area contributed by atoms with Gasteiger partial charge in [0.2, 0.25) is 5.91 Å². The Balaban J connectivity index is 1.66. The molecule has 2 atom stereocenters. The highest BCUT2D eigenvalue weighted by molar-refractivity contribution is 5.78. The second-order valence-corrected chi connectivity index (χ2v) is 6.41. The number of amides is 1. The topological polar surface area (TPSA) is 61.4 Å². The van der Waals surface area contributed by atoms with Crippen LogP contribution in [0.3, 0.4) is 0 Å². The molecule has 0 aromatic rings. The van der Waals surface area contributed by atoms with Gasteiger partial charge in [-0.25, -0.2) is 0 Å². The quantitative estimate of drug-likeness (QED) is 0.706. The van der Waals surface area contributed by atoms with Gasteiger partial charge in [-0.1, -0.05) is 33.1 Å². The van der Waals surface area contributed by atoms with Crippen LogP contribution in [0.5, 0.6) is 0 Å². The predicted molar refractivity (Wildman–Crippen MR) is 71.2 cm³/mol. The predicted octanol–water partition coefficient (Wildman–Crippen LogP) is 1.18. The molecule has 0 aliphatic heterocycles. The zero-order valence-electron chi connectivity index (χ0n) is 11.5. The highest BCUT2D eigenvalue weighted by atomic mass is 16.3. The van der Waals surface area contributed by atoms with E-state index in [1.54, 1.807) is 0 Å². The normalized spacial score (nSPS) is 31.7. The fourth-order valence-corrected chi connectivity index (χ4v) is 2.99. The van der Waals surface area contributed by atoms with Gasteiger partial charge in [0.05, 0.1) is 12.6 Å². The molecule has 2 saturated carbocycles. The average Bonchev–Trinajstić information content (AvgIpc) is 2.35. The van der Waals surface area contributed by atoms with E-state index in [0.717, 1.165) is 19.3 Å². The number of aliphatic hydroxyl groups is 1. The SMILES string of the molecule is CC1(C)C(O)CC1NCC(=O)NC1CCCCC1. The Morgan fingerprint density at radius 3 is 2.50 bits per heavy atom. The van der Waals surface area contributed by atoms with E-state index >= 15 is 0 Å². The summed E-state index contributed by atoms with van der Waals surface area (Å²) in [5, 5.41) is 16.0. The van der Waals surface area contributed by atoms with Crippen LogP contribution in [0, 0.1) is 5.41 Å². The van der Waals surface area contributed by atoms with Gasteiger partial charge >= 0.3 is 0 Å². The van der Waals surface area contributed by atoms with Crippen molar-refractivity contribution >= 4 is 5.91 Å². The number of hydrogen-bond acceptors (Lipinski definition) is 3. The highest BCUT2D eigenvalue weighted by Crippen LogP contribution is 2.40. The van der Waals surface area contributed by atoms with Crippen molar-refractivity contribution in [3.05, 3.63) is 0 Å². The van der Waals surface area contributed by atoms with Crippen molar-refractivity contribution in [2.24, 2.45) is 5.41 Å². The standard InChI is InChI=1S/C14H26N2O2/c1-14(2)11(8-12(14)17)15-9-13(18)16-10-6-4-3-5-7-10/h10-12,15,17H,3-9H2,1-2H3,(H,16,18). The molecule has 4 heteroatoms. The monoisotopic (exact) mass is 254 g/mol. The van der Waals surface area contributed by atoms with Gasteiger partial charge in [-0.05, 0) is 19.3 Å². The van der Waals surface area contributed by atoms with Crippen LogP contribution < -0.4 is 10.6 Å². The third kappa shape index (κ3) is 3.04. The van der Waals surface area contributed by atoms with Gasteiger partial charge < -0.3 is 15.7 Å². The largest absolute Gasteiger partial charge is 0.392 e. The minimum absolute atomic E-state index is 0.0964. The third-order valence-corrected chi connectivity index (χ3v) is 4.70. The lowest BCUT2D eigenvalue weighted by Gasteiger charge is -2.49. The molecule has 0 heterocycles. The van der Waals surface area contributed by atoms with Crippen molar-refractivity contribution in [1.82, 2.24) is 10.6 Å². The Morgan fingerprint density at radius 1 is 1.28 bits per heavy atom. The van der Waals surface area contributed by atoms with Crippen LogP contribution in [0.15, 0.2) is 0 Å². The Kier molecular flexibility index (Phi) is 4.28. The van der Waals surface area contributed by atoms with Crippen molar-refractivity contribution < 1.29 is 9.90 Å². The summed E-state index contributed by atoms with van der Waals surface area (Å²) in [6.45, 7) is 4.45. The lowest BCUT2D eigenvalue weighted by Crippen LogP contribution is -2.61. The molecule has 0 aromatic carbocycles. The van der Waals surface area contributed by atoms with E-state index in [9.17, 15) is 9.90 Å². The summed E-state index contributed by atoms with van der Waals surface area (Å²) in [5.74, 6) is 0.0964. The zero-order valence-corrected chi connectivity index (χ0v) is 11.5. The third-order valence-electron chi connectivity index (χ3n) is 4.70. The molecular weight excluding hydrogens is 228 g/mol. The van der Waals surface area contributed by atoms with E-state index in [-0.39, 0.29) is 23.5 Å². The molecule has 1 amide bonds. The molecule has 2 aliphatic carbocycles. The molecule has 0 bridgehead atoms. The maximum atomic E-state index is 11.8. The first-order valence-corrected chi connectivity index (χ1v) is 7.21. The Hall–Kier alpha value is -0.610. The molecule has 18 heavy (non-hydrogen) atoms. The van der Waals surface area contributed by atoms with Crippen LogP contribution in [0.25, 0.3) is 0 Å². The molecule has 0 aromatic heterocycles. The van der Waals surface area contributed by atoms with Crippen LogP contribution >= 0.6 is 0 Å². The van der Waals surface area contributed by atoms with E-state index in [0.29, 0.717) is 12.6 Å². The molecule has 104 valence electrons. The molecule has 0 saturated heterocycles. The van der Waals surface area contributed by atoms with Crippen molar-refractivity contribution in [3.8, 4) is 0 Å². The summed E-state index contributed by atoms with van der Waals surface area (Å²) >= 11 is 0. The second kappa shape index (κ2) is 5.57. The summed E-state index contributed by atoms with van der Waals surface area (Å²) in [6, 6.07) is 0.637. The molecule has 2 rings (SSSR count). The Bertz CT molecular complexity index is 298. The first kappa shape index (κ1) is 13.8. The number of hydrogen-bond donors (Lipinski definition) is 3. The van der Waals surface area contributed by atoms with E-state index < -0.39 is 0 Å². The molecule has 3 N–H and O–H groups in total. The molecular formula is C14H26N2O2. The minimum Gasteiger partial charge on any atom is -0.392 e. The zero-order chi connectivity index (χ0) is 13.2. The fourth-order valence-electron chi connectivity index (χ4n) is 2.99. The van der Waals surface area contributed by atoms with Crippen LogP contribution in [0.2, 0.25) is 0 Å². The van der Waals surface area contributed by atoms with Crippen LogP contribution in [0.4, 0.5) is 0 Å². The van der Waals surface area contributed by atoms with E-state index in [1.165, 1.54) is 19.3 Å². The highest BCUT2D eigenvalue weighted by Gasteiger charge is 2.46. The van der Waals surface area contributed by atoms with Crippen molar-refractivity contribution in [2.75, 3.05) is 6.54 Å². The van der Waals surface area contributed by atoms with Gasteiger partial charge in [0.1, 0.15) is 0 Å². The maximum Gasteiger partial charge on any atom is 0.234 e. The van der Waals surface area contributed by atoms with Crippen molar-refractivity contribution in [3.63, 3.8) is 0 Å². The van der Waals surface area contributed by atoms with Crippen LogP contribution in [0.1, 0.15) is 52.4 Å². The number of aliphatic hydroxyl groups excluding tert-OH is 1. The number of carbonyl (C=O) groups is 1. The molecule has 0 spiro atoms. The number of carbonyl (C=O) groups excluding carboxylic acids is 1. The number of rotatable bonds is 4. The van der Waals surface area contributed by atoms with Gasteiger partial charge in [-0.2, -0.15) is 0 Å². The minimum atomic E-state index is -0.239. The van der Waals surface area contributed by atoms with Gasteiger partial charge in [0.15, 0.2) is 0 Å². The van der Waals surface area contributed by atoms with Crippen molar-refractivity contribution in [1.29, 1.82) is 0 Å². The first-order chi connectivity index (χ1) is 8.50. The molecule has 2 aliphatic rings. The smallest absolute Gasteiger partial charge is 0.234 e. The van der Waals surface area contributed by atoms with Gasteiger partial charge in [-0.15, -0.1) is 0 Å². The van der Waals surface area contributed by atoms with Crippen molar-refractivity contribution in [2.45, 2.75) is 70.6 Å². The van der Waals surface area contributed by atoms with Gasteiger partial charge in [0.25, 0.3) is 0 Å². The first-order valence-electron chi connectivity index (χ1n) is 7.21.